The van der Waals surface area contributed by atoms with Crippen molar-refractivity contribution < 1.29 is 0 Å². The van der Waals surface area contributed by atoms with Crippen molar-refractivity contribution >= 4 is 11.8 Å². The van der Waals surface area contributed by atoms with Crippen LogP contribution in [0.5, 0.6) is 0 Å². The van der Waals surface area contributed by atoms with E-state index in [-0.39, 0.29) is 0 Å². The number of rotatable bonds is 0. The van der Waals surface area contributed by atoms with Gasteiger partial charge in [0.15, 0.2) is 0 Å². The van der Waals surface area contributed by atoms with Crippen LogP contribution < -0.4 is 5.32 Å². The minimum atomic E-state index is 0.503. The largest absolute Gasteiger partial charge is 0.383 e. The van der Waals surface area contributed by atoms with E-state index in [0.29, 0.717) is 11.3 Å². The fourth-order valence-electron chi connectivity index (χ4n) is 1.29. The van der Waals surface area contributed by atoms with E-state index in [0.717, 1.165) is 5.75 Å². The Morgan fingerprint density at radius 2 is 2.18 bits per heavy atom. The second-order valence-electron chi connectivity index (χ2n) is 2.66. The Hall–Kier alpha value is -0.630. The summed E-state index contributed by atoms with van der Waals surface area (Å²) >= 11 is 1.98. The molecule has 1 aliphatic heterocycles. The van der Waals surface area contributed by atoms with Gasteiger partial charge >= 0.3 is 0 Å². The van der Waals surface area contributed by atoms with Gasteiger partial charge in [-0.05, 0) is 6.20 Å². The van der Waals surface area contributed by atoms with Crippen LogP contribution >= 0.6 is 11.8 Å². The zero-order chi connectivity index (χ0) is 7.52. The Morgan fingerprint density at radius 1 is 1.27 bits per heavy atom. The number of thioether (sulfide) groups is 1. The van der Waals surface area contributed by atoms with Crippen LogP contribution in [-0.4, -0.2) is 17.0 Å². The molecule has 0 radical (unpaired) electrons. The van der Waals surface area contributed by atoms with Crippen LogP contribution in [0.15, 0.2) is 36.6 Å². The van der Waals surface area contributed by atoms with Crippen LogP contribution in [0.4, 0.5) is 0 Å². The van der Waals surface area contributed by atoms with Crippen LogP contribution in [0.1, 0.15) is 0 Å². The molecule has 0 saturated heterocycles. The maximum atomic E-state index is 3.34. The fourth-order valence-corrected chi connectivity index (χ4v) is 2.30. The van der Waals surface area contributed by atoms with Crippen molar-refractivity contribution in [1.82, 2.24) is 5.32 Å². The Morgan fingerprint density at radius 3 is 3.18 bits per heavy atom. The summed E-state index contributed by atoms with van der Waals surface area (Å²) in [5.41, 5.74) is 0. The minimum absolute atomic E-state index is 0.503. The number of hydrogen-bond acceptors (Lipinski definition) is 2. The van der Waals surface area contributed by atoms with Crippen molar-refractivity contribution in [2.75, 3.05) is 5.75 Å². The molecule has 0 aromatic heterocycles. The third kappa shape index (κ3) is 1.51. The summed E-state index contributed by atoms with van der Waals surface area (Å²) in [7, 11) is 0. The minimum Gasteiger partial charge on any atom is -0.383 e. The Bertz CT molecular complexity index is 218. The first-order chi connectivity index (χ1) is 5.47. The number of hydrogen-bond donors (Lipinski definition) is 1. The summed E-state index contributed by atoms with van der Waals surface area (Å²) in [6, 6.07) is 0.503. The highest BCUT2D eigenvalue weighted by molar-refractivity contribution is 8.00. The van der Waals surface area contributed by atoms with Crippen LogP contribution in [0.2, 0.25) is 0 Å². The fraction of sp³-hybridized carbons (Fsp3) is 0.333. The third-order valence-corrected chi connectivity index (χ3v) is 3.10. The predicted molar refractivity (Wildman–Crippen MR) is 50.6 cm³/mol. The first kappa shape index (κ1) is 7.04. The van der Waals surface area contributed by atoms with E-state index in [1.165, 1.54) is 0 Å². The molecule has 0 aromatic carbocycles. The molecule has 0 spiro atoms. The molecule has 2 unspecified atom stereocenters. The van der Waals surface area contributed by atoms with E-state index in [9.17, 15) is 0 Å². The average molecular weight is 165 g/mol. The van der Waals surface area contributed by atoms with E-state index in [4.69, 9.17) is 0 Å². The summed E-state index contributed by atoms with van der Waals surface area (Å²) in [5, 5.41) is 3.96. The second kappa shape index (κ2) is 3.18. The van der Waals surface area contributed by atoms with Gasteiger partial charge in [-0.3, -0.25) is 0 Å². The molecule has 0 aromatic rings. The van der Waals surface area contributed by atoms with Gasteiger partial charge in [-0.25, -0.2) is 0 Å². The normalized spacial score (nSPS) is 34.2. The van der Waals surface area contributed by atoms with Crippen molar-refractivity contribution in [3.8, 4) is 0 Å². The molecule has 2 aliphatic rings. The highest BCUT2D eigenvalue weighted by Crippen LogP contribution is 2.22. The van der Waals surface area contributed by atoms with E-state index in [1.54, 1.807) is 0 Å². The van der Waals surface area contributed by atoms with Gasteiger partial charge in [-0.15, -0.1) is 11.8 Å². The van der Waals surface area contributed by atoms with Gasteiger partial charge in [0.25, 0.3) is 0 Å². The lowest BCUT2D eigenvalue weighted by Gasteiger charge is -2.21. The topological polar surface area (TPSA) is 12.0 Å². The van der Waals surface area contributed by atoms with Gasteiger partial charge in [0, 0.05) is 11.0 Å². The zero-order valence-corrected chi connectivity index (χ0v) is 7.05. The van der Waals surface area contributed by atoms with Crippen LogP contribution in [0, 0.1) is 0 Å². The van der Waals surface area contributed by atoms with E-state index >= 15 is 0 Å². The first-order valence-electron chi connectivity index (χ1n) is 3.84. The lowest BCUT2D eigenvalue weighted by atomic mass is 10.1. The highest BCUT2D eigenvalue weighted by atomic mass is 32.2. The molecular weight excluding hydrogens is 154 g/mol. The molecule has 1 N–H and O–H groups in total. The van der Waals surface area contributed by atoms with Gasteiger partial charge in [0.1, 0.15) is 0 Å². The standard InChI is InChI=1S/C9H11NS/c1-2-5-9-8(4-1)10-6-3-7-11-9/h1-6,8-10H,7H2. The maximum Gasteiger partial charge on any atom is 0.0596 e. The molecule has 2 atom stereocenters. The summed E-state index contributed by atoms with van der Waals surface area (Å²) in [4.78, 5) is 0. The Balaban J connectivity index is 2.13. The summed E-state index contributed by atoms with van der Waals surface area (Å²) in [5.74, 6) is 1.12. The van der Waals surface area contributed by atoms with Gasteiger partial charge in [0.05, 0.1) is 6.04 Å². The quantitative estimate of drug-likeness (QED) is 0.586. The Kier molecular flexibility index (Phi) is 2.04. The van der Waals surface area contributed by atoms with Crippen LogP contribution in [0.25, 0.3) is 0 Å². The molecule has 0 amide bonds. The summed E-state index contributed by atoms with van der Waals surface area (Å²) in [6.07, 6.45) is 12.9. The van der Waals surface area contributed by atoms with Gasteiger partial charge < -0.3 is 5.32 Å². The molecule has 11 heavy (non-hydrogen) atoms. The van der Waals surface area contributed by atoms with Crippen molar-refractivity contribution in [3.63, 3.8) is 0 Å². The predicted octanol–water partition coefficient (Wildman–Crippen LogP) is 1.70. The number of fused-ring (bicyclic) bond motifs is 1. The second-order valence-corrected chi connectivity index (χ2v) is 3.87. The zero-order valence-electron chi connectivity index (χ0n) is 6.23. The van der Waals surface area contributed by atoms with Crippen molar-refractivity contribution in [3.05, 3.63) is 36.6 Å². The first-order valence-corrected chi connectivity index (χ1v) is 4.89. The molecule has 0 saturated carbocycles. The molecule has 1 aliphatic carbocycles. The van der Waals surface area contributed by atoms with E-state index in [1.807, 2.05) is 11.8 Å². The van der Waals surface area contributed by atoms with Crippen LogP contribution in [-0.2, 0) is 0 Å². The summed E-state index contributed by atoms with van der Waals surface area (Å²) < 4.78 is 0. The average Bonchev–Trinajstić information content (AvgIpc) is 2.28. The molecule has 0 fully saturated rings. The lowest BCUT2D eigenvalue weighted by molar-refractivity contribution is 0.721. The molecular formula is C9H11NS. The van der Waals surface area contributed by atoms with Gasteiger partial charge in [0.2, 0.25) is 0 Å². The maximum absolute atomic E-state index is 3.34. The van der Waals surface area contributed by atoms with Crippen LogP contribution in [0.3, 0.4) is 0 Å². The molecule has 58 valence electrons. The van der Waals surface area contributed by atoms with Gasteiger partial charge in [-0.2, -0.15) is 0 Å². The smallest absolute Gasteiger partial charge is 0.0596 e. The van der Waals surface area contributed by atoms with Crippen molar-refractivity contribution in [2.45, 2.75) is 11.3 Å². The molecule has 2 rings (SSSR count). The SMILES string of the molecule is C1=CC2NC=CCSC2C=C1. The van der Waals surface area contributed by atoms with E-state index < -0.39 is 0 Å². The molecule has 2 heteroatoms. The molecule has 1 heterocycles. The molecule has 0 bridgehead atoms. The third-order valence-electron chi connectivity index (χ3n) is 1.88. The number of allylic oxidation sites excluding steroid dienone is 2. The van der Waals surface area contributed by atoms with E-state index in [2.05, 4.69) is 41.9 Å². The Labute approximate surface area is 71.3 Å². The van der Waals surface area contributed by atoms with Gasteiger partial charge in [-0.1, -0.05) is 30.4 Å². The monoisotopic (exact) mass is 165 g/mol. The molecule has 1 nitrogen and oxygen atoms in total. The van der Waals surface area contributed by atoms with Crippen molar-refractivity contribution in [1.29, 1.82) is 0 Å². The lowest BCUT2D eigenvalue weighted by Crippen LogP contribution is -2.32. The summed E-state index contributed by atoms with van der Waals surface area (Å²) in [6.45, 7) is 0. The highest BCUT2D eigenvalue weighted by Gasteiger charge is 2.18. The number of nitrogens with one attached hydrogen (secondary N) is 1. The van der Waals surface area contributed by atoms with Crippen molar-refractivity contribution in [2.24, 2.45) is 0 Å².